The molecule has 0 radical (unpaired) electrons. The van der Waals surface area contributed by atoms with Crippen LogP contribution in [0.15, 0.2) is 54.6 Å². The second kappa shape index (κ2) is 6.77. The van der Waals surface area contributed by atoms with Gasteiger partial charge in [0.05, 0.1) is 7.11 Å². The van der Waals surface area contributed by atoms with E-state index in [0.717, 1.165) is 12.3 Å². The molecule has 2 heteroatoms. The first kappa shape index (κ1) is 15.6. The van der Waals surface area contributed by atoms with E-state index in [1.54, 1.807) is 7.11 Å². The summed E-state index contributed by atoms with van der Waals surface area (Å²) in [5, 5.41) is 3.69. The molecule has 0 aliphatic carbocycles. The van der Waals surface area contributed by atoms with Crippen LogP contribution in [-0.4, -0.2) is 7.11 Å². The fraction of sp³-hybridized carbons (Fsp3) is 0.368. The maximum absolute atomic E-state index is 5.29. The molecule has 0 saturated heterocycles. The first-order chi connectivity index (χ1) is 10.0. The summed E-state index contributed by atoms with van der Waals surface area (Å²) in [6.07, 6.45) is 0. The van der Waals surface area contributed by atoms with Gasteiger partial charge in [0.2, 0.25) is 0 Å². The summed E-state index contributed by atoms with van der Waals surface area (Å²) < 4.78 is 5.29. The van der Waals surface area contributed by atoms with Crippen LogP contribution in [0.2, 0.25) is 0 Å². The molecule has 2 rings (SSSR count). The van der Waals surface area contributed by atoms with Crippen LogP contribution >= 0.6 is 0 Å². The second-order valence-corrected chi connectivity index (χ2v) is 6.44. The van der Waals surface area contributed by atoms with Crippen molar-refractivity contribution >= 4 is 0 Å². The SMILES string of the molecule is COc1cccc(CNC(c2ccccc2)C(C)(C)C)c1. The average molecular weight is 283 g/mol. The van der Waals surface area contributed by atoms with Crippen LogP contribution in [0.3, 0.4) is 0 Å². The molecule has 1 atom stereocenters. The molecule has 0 heterocycles. The van der Waals surface area contributed by atoms with Gasteiger partial charge in [0.15, 0.2) is 0 Å². The molecule has 2 nitrogen and oxygen atoms in total. The first-order valence-electron chi connectivity index (χ1n) is 7.42. The van der Waals surface area contributed by atoms with Crippen molar-refractivity contribution in [1.29, 1.82) is 0 Å². The minimum absolute atomic E-state index is 0.153. The van der Waals surface area contributed by atoms with E-state index < -0.39 is 0 Å². The fourth-order valence-corrected chi connectivity index (χ4v) is 2.57. The van der Waals surface area contributed by atoms with Gasteiger partial charge in [0.1, 0.15) is 5.75 Å². The lowest BCUT2D eigenvalue weighted by Crippen LogP contribution is -2.32. The molecule has 0 bridgehead atoms. The summed E-state index contributed by atoms with van der Waals surface area (Å²) in [7, 11) is 1.70. The highest BCUT2D eigenvalue weighted by molar-refractivity contribution is 5.29. The van der Waals surface area contributed by atoms with Crippen molar-refractivity contribution in [3.05, 3.63) is 65.7 Å². The summed E-state index contributed by atoms with van der Waals surface area (Å²) in [4.78, 5) is 0. The van der Waals surface area contributed by atoms with E-state index in [4.69, 9.17) is 4.74 Å². The Morgan fingerprint density at radius 2 is 1.71 bits per heavy atom. The van der Waals surface area contributed by atoms with Crippen LogP contribution in [0.5, 0.6) is 5.75 Å². The molecule has 0 aromatic heterocycles. The lowest BCUT2D eigenvalue weighted by molar-refractivity contribution is 0.271. The van der Waals surface area contributed by atoms with Crippen molar-refractivity contribution in [2.24, 2.45) is 5.41 Å². The van der Waals surface area contributed by atoms with Gasteiger partial charge in [-0.05, 0) is 28.7 Å². The number of ether oxygens (including phenoxy) is 1. The Kier molecular flexibility index (Phi) is 5.03. The number of benzene rings is 2. The number of hydrogen-bond donors (Lipinski definition) is 1. The predicted octanol–water partition coefficient (Wildman–Crippen LogP) is 4.57. The molecule has 0 spiro atoms. The fourth-order valence-electron chi connectivity index (χ4n) is 2.57. The Hall–Kier alpha value is -1.80. The quantitative estimate of drug-likeness (QED) is 0.867. The lowest BCUT2D eigenvalue weighted by Gasteiger charge is -2.32. The maximum Gasteiger partial charge on any atom is 0.119 e. The smallest absolute Gasteiger partial charge is 0.119 e. The normalized spacial score (nSPS) is 13.0. The molecule has 0 aliphatic heterocycles. The third-order valence-electron chi connectivity index (χ3n) is 3.64. The van der Waals surface area contributed by atoms with Gasteiger partial charge >= 0.3 is 0 Å². The highest BCUT2D eigenvalue weighted by atomic mass is 16.5. The van der Waals surface area contributed by atoms with E-state index in [0.29, 0.717) is 6.04 Å². The van der Waals surface area contributed by atoms with Crippen molar-refractivity contribution in [2.75, 3.05) is 7.11 Å². The zero-order chi connectivity index (χ0) is 15.3. The van der Waals surface area contributed by atoms with E-state index in [1.165, 1.54) is 11.1 Å². The van der Waals surface area contributed by atoms with Gasteiger partial charge in [-0.1, -0.05) is 63.2 Å². The van der Waals surface area contributed by atoms with E-state index >= 15 is 0 Å². The highest BCUT2D eigenvalue weighted by Gasteiger charge is 2.25. The summed E-state index contributed by atoms with van der Waals surface area (Å²) in [5.74, 6) is 0.904. The minimum Gasteiger partial charge on any atom is -0.497 e. The van der Waals surface area contributed by atoms with E-state index in [-0.39, 0.29) is 5.41 Å². The highest BCUT2D eigenvalue weighted by Crippen LogP contribution is 2.32. The molecular weight excluding hydrogens is 258 g/mol. The zero-order valence-electron chi connectivity index (χ0n) is 13.4. The van der Waals surface area contributed by atoms with Crippen molar-refractivity contribution < 1.29 is 4.74 Å². The average Bonchev–Trinajstić information content (AvgIpc) is 2.47. The molecule has 1 N–H and O–H groups in total. The third kappa shape index (κ3) is 4.33. The molecule has 0 fully saturated rings. The van der Waals surface area contributed by atoms with Gasteiger partial charge in [-0.3, -0.25) is 0 Å². The molecule has 21 heavy (non-hydrogen) atoms. The van der Waals surface area contributed by atoms with Gasteiger partial charge < -0.3 is 10.1 Å². The van der Waals surface area contributed by atoms with E-state index in [9.17, 15) is 0 Å². The van der Waals surface area contributed by atoms with Gasteiger partial charge in [0.25, 0.3) is 0 Å². The van der Waals surface area contributed by atoms with Crippen LogP contribution in [0.1, 0.15) is 37.9 Å². The molecule has 2 aromatic carbocycles. The lowest BCUT2D eigenvalue weighted by atomic mass is 9.82. The van der Waals surface area contributed by atoms with Crippen molar-refractivity contribution in [3.63, 3.8) is 0 Å². The molecule has 0 aliphatic rings. The minimum atomic E-state index is 0.153. The largest absolute Gasteiger partial charge is 0.497 e. The Bertz CT molecular complexity index is 557. The summed E-state index contributed by atoms with van der Waals surface area (Å²) in [6, 6.07) is 19.2. The van der Waals surface area contributed by atoms with Gasteiger partial charge in [-0.2, -0.15) is 0 Å². The number of methoxy groups -OCH3 is 1. The molecule has 112 valence electrons. The van der Waals surface area contributed by atoms with E-state index in [1.807, 2.05) is 12.1 Å². The van der Waals surface area contributed by atoms with Crippen LogP contribution in [0.4, 0.5) is 0 Å². The zero-order valence-corrected chi connectivity index (χ0v) is 13.4. The molecule has 2 aromatic rings. The van der Waals surface area contributed by atoms with E-state index in [2.05, 4.69) is 68.6 Å². The number of hydrogen-bond acceptors (Lipinski definition) is 2. The van der Waals surface area contributed by atoms with Gasteiger partial charge in [0, 0.05) is 12.6 Å². The van der Waals surface area contributed by atoms with Crippen LogP contribution in [0.25, 0.3) is 0 Å². The predicted molar refractivity (Wildman–Crippen MR) is 88.5 cm³/mol. The Morgan fingerprint density at radius 3 is 2.33 bits per heavy atom. The van der Waals surface area contributed by atoms with Crippen LogP contribution < -0.4 is 10.1 Å². The number of rotatable bonds is 5. The second-order valence-electron chi connectivity index (χ2n) is 6.44. The van der Waals surface area contributed by atoms with Crippen molar-refractivity contribution in [2.45, 2.75) is 33.4 Å². The van der Waals surface area contributed by atoms with Crippen LogP contribution in [-0.2, 0) is 6.54 Å². The Morgan fingerprint density at radius 1 is 1.00 bits per heavy atom. The topological polar surface area (TPSA) is 21.3 Å². The number of nitrogens with one attached hydrogen (secondary N) is 1. The molecule has 0 saturated carbocycles. The van der Waals surface area contributed by atoms with Gasteiger partial charge in [-0.15, -0.1) is 0 Å². The summed E-state index contributed by atoms with van der Waals surface area (Å²) in [6.45, 7) is 7.63. The third-order valence-corrected chi connectivity index (χ3v) is 3.64. The van der Waals surface area contributed by atoms with Crippen LogP contribution in [0, 0.1) is 5.41 Å². The maximum atomic E-state index is 5.29. The standard InChI is InChI=1S/C19H25NO/c1-19(2,3)18(16-10-6-5-7-11-16)20-14-15-9-8-12-17(13-15)21-4/h5-13,18,20H,14H2,1-4H3. The Balaban J connectivity index is 2.13. The van der Waals surface area contributed by atoms with Crippen molar-refractivity contribution in [3.8, 4) is 5.75 Å². The summed E-state index contributed by atoms with van der Waals surface area (Å²) in [5.41, 5.74) is 2.72. The molecule has 0 amide bonds. The molecular formula is C19H25NO. The van der Waals surface area contributed by atoms with Crippen molar-refractivity contribution in [1.82, 2.24) is 5.32 Å². The first-order valence-corrected chi connectivity index (χ1v) is 7.42. The monoisotopic (exact) mass is 283 g/mol. The van der Waals surface area contributed by atoms with Gasteiger partial charge in [-0.25, -0.2) is 0 Å². The molecule has 1 unspecified atom stereocenters. The Labute approximate surface area is 128 Å². The summed E-state index contributed by atoms with van der Waals surface area (Å²) >= 11 is 0.